The summed E-state index contributed by atoms with van der Waals surface area (Å²) >= 11 is 0. The Labute approximate surface area is 95.4 Å². The van der Waals surface area contributed by atoms with Crippen molar-refractivity contribution in [2.75, 3.05) is 0 Å². The average molecular weight is 214 g/mol. The number of rotatable bonds is 1. The molecule has 0 heterocycles. The van der Waals surface area contributed by atoms with Crippen molar-refractivity contribution in [3.63, 3.8) is 0 Å². The molecule has 0 saturated carbocycles. The van der Waals surface area contributed by atoms with E-state index in [0.717, 1.165) is 27.5 Å². The molecule has 0 amide bonds. The fourth-order valence-corrected chi connectivity index (χ4v) is 1.99. The zero-order valence-electron chi connectivity index (χ0n) is 9.84. The van der Waals surface area contributed by atoms with Crippen molar-refractivity contribution < 1.29 is 4.39 Å². The quantitative estimate of drug-likeness (QED) is 0.644. The van der Waals surface area contributed by atoms with Gasteiger partial charge in [-0.15, -0.1) is 0 Å². The Morgan fingerprint density at radius 1 is 1.19 bits per heavy atom. The molecule has 0 nitrogen and oxygen atoms in total. The first kappa shape index (κ1) is 10.9. The summed E-state index contributed by atoms with van der Waals surface area (Å²) in [6, 6.07) is 9.30. The third-order valence-corrected chi connectivity index (χ3v) is 3.07. The van der Waals surface area contributed by atoms with Gasteiger partial charge in [0.2, 0.25) is 0 Å². The highest BCUT2D eigenvalue weighted by molar-refractivity contribution is 5.95. The first-order valence-electron chi connectivity index (χ1n) is 5.46. The second-order valence-corrected chi connectivity index (χ2v) is 4.06. The smallest absolute Gasteiger partial charge is 0.131 e. The van der Waals surface area contributed by atoms with E-state index in [1.54, 1.807) is 6.07 Å². The minimum atomic E-state index is -0.141. The molecule has 0 aliphatic heterocycles. The Morgan fingerprint density at radius 2 is 1.94 bits per heavy atom. The van der Waals surface area contributed by atoms with Crippen LogP contribution in [0.4, 0.5) is 4.39 Å². The van der Waals surface area contributed by atoms with Crippen molar-refractivity contribution in [2.45, 2.75) is 20.8 Å². The van der Waals surface area contributed by atoms with Crippen LogP contribution in [0.3, 0.4) is 0 Å². The van der Waals surface area contributed by atoms with Gasteiger partial charge in [-0.1, -0.05) is 30.3 Å². The standard InChI is InChI=1S/C15H15F/c1-4-10(2)13-9-8-11(3)12-6-5-7-14(16)15(12)13/h4-9H,1-3H3/b10-4+. The van der Waals surface area contributed by atoms with Crippen molar-refractivity contribution in [1.82, 2.24) is 0 Å². The first-order valence-corrected chi connectivity index (χ1v) is 5.46. The Bertz CT molecular complexity index is 565. The molecule has 0 aromatic heterocycles. The van der Waals surface area contributed by atoms with Crippen LogP contribution in [0.1, 0.15) is 25.0 Å². The van der Waals surface area contributed by atoms with Crippen LogP contribution < -0.4 is 0 Å². The van der Waals surface area contributed by atoms with Gasteiger partial charge in [0.25, 0.3) is 0 Å². The SMILES string of the molecule is C/C=C(\C)c1ccc(C)c2cccc(F)c12. The second-order valence-electron chi connectivity index (χ2n) is 4.06. The second kappa shape index (κ2) is 4.09. The molecule has 0 spiro atoms. The number of hydrogen-bond acceptors (Lipinski definition) is 0. The molecular weight excluding hydrogens is 199 g/mol. The predicted molar refractivity (Wildman–Crippen MR) is 68.0 cm³/mol. The van der Waals surface area contributed by atoms with Crippen molar-refractivity contribution in [3.8, 4) is 0 Å². The normalized spacial score (nSPS) is 12.1. The van der Waals surface area contributed by atoms with E-state index in [2.05, 4.69) is 0 Å². The summed E-state index contributed by atoms with van der Waals surface area (Å²) in [7, 11) is 0. The highest BCUT2D eigenvalue weighted by Crippen LogP contribution is 2.29. The zero-order valence-corrected chi connectivity index (χ0v) is 9.84. The van der Waals surface area contributed by atoms with E-state index in [4.69, 9.17) is 0 Å². The molecule has 2 rings (SSSR count). The first-order chi connectivity index (χ1) is 7.65. The topological polar surface area (TPSA) is 0 Å². The molecule has 0 bridgehead atoms. The van der Waals surface area contributed by atoms with Crippen LogP contribution in [-0.2, 0) is 0 Å². The largest absolute Gasteiger partial charge is 0.206 e. The summed E-state index contributed by atoms with van der Waals surface area (Å²) in [4.78, 5) is 0. The van der Waals surface area contributed by atoms with Crippen LogP contribution in [0.5, 0.6) is 0 Å². The molecule has 0 N–H and O–H groups in total. The van der Waals surface area contributed by atoms with Gasteiger partial charge in [-0.05, 0) is 48.9 Å². The van der Waals surface area contributed by atoms with Gasteiger partial charge in [0.1, 0.15) is 5.82 Å². The maximum Gasteiger partial charge on any atom is 0.131 e. The van der Waals surface area contributed by atoms with Gasteiger partial charge in [-0.3, -0.25) is 0 Å². The third kappa shape index (κ3) is 1.63. The lowest BCUT2D eigenvalue weighted by atomic mass is 9.96. The molecule has 0 fully saturated rings. The van der Waals surface area contributed by atoms with Gasteiger partial charge in [0.15, 0.2) is 0 Å². The number of benzene rings is 2. The average Bonchev–Trinajstić information content (AvgIpc) is 2.30. The van der Waals surface area contributed by atoms with E-state index >= 15 is 0 Å². The van der Waals surface area contributed by atoms with E-state index in [1.807, 2.05) is 45.0 Å². The number of allylic oxidation sites excluding steroid dienone is 2. The van der Waals surface area contributed by atoms with Gasteiger partial charge in [-0.2, -0.15) is 0 Å². The van der Waals surface area contributed by atoms with Crippen LogP contribution in [-0.4, -0.2) is 0 Å². The van der Waals surface area contributed by atoms with Crippen LogP contribution in [0.25, 0.3) is 16.3 Å². The lowest BCUT2D eigenvalue weighted by molar-refractivity contribution is 0.639. The molecule has 0 radical (unpaired) electrons. The maximum atomic E-state index is 13.9. The Kier molecular flexibility index (Phi) is 2.78. The fourth-order valence-electron chi connectivity index (χ4n) is 1.99. The fraction of sp³-hybridized carbons (Fsp3) is 0.200. The summed E-state index contributed by atoms with van der Waals surface area (Å²) in [6.07, 6.45) is 2.01. The van der Waals surface area contributed by atoms with Gasteiger partial charge >= 0.3 is 0 Å². The number of halogens is 1. The Morgan fingerprint density at radius 3 is 2.62 bits per heavy atom. The van der Waals surface area contributed by atoms with Crippen LogP contribution in [0.15, 0.2) is 36.4 Å². The van der Waals surface area contributed by atoms with Gasteiger partial charge in [-0.25, -0.2) is 4.39 Å². The van der Waals surface area contributed by atoms with Crippen LogP contribution in [0, 0.1) is 12.7 Å². The van der Waals surface area contributed by atoms with Crippen molar-refractivity contribution >= 4 is 16.3 Å². The number of hydrogen-bond donors (Lipinski definition) is 0. The molecule has 0 unspecified atom stereocenters. The Hall–Kier alpha value is -1.63. The lowest BCUT2D eigenvalue weighted by Gasteiger charge is -2.10. The maximum absolute atomic E-state index is 13.9. The van der Waals surface area contributed by atoms with Crippen LogP contribution in [0.2, 0.25) is 0 Å². The highest BCUT2D eigenvalue weighted by Gasteiger charge is 2.08. The molecule has 0 saturated heterocycles. The third-order valence-electron chi connectivity index (χ3n) is 3.07. The van der Waals surface area contributed by atoms with Gasteiger partial charge in [0, 0.05) is 5.39 Å². The summed E-state index contributed by atoms with van der Waals surface area (Å²) < 4.78 is 13.9. The summed E-state index contributed by atoms with van der Waals surface area (Å²) in [5.74, 6) is -0.141. The monoisotopic (exact) mass is 214 g/mol. The number of aryl methyl sites for hydroxylation is 1. The van der Waals surface area contributed by atoms with E-state index in [0.29, 0.717) is 0 Å². The number of fused-ring (bicyclic) bond motifs is 1. The summed E-state index contributed by atoms with van der Waals surface area (Å²) in [5.41, 5.74) is 3.21. The minimum Gasteiger partial charge on any atom is -0.206 e. The van der Waals surface area contributed by atoms with E-state index in [-0.39, 0.29) is 5.82 Å². The lowest BCUT2D eigenvalue weighted by Crippen LogP contribution is -1.89. The summed E-state index contributed by atoms with van der Waals surface area (Å²) in [6.45, 7) is 6.00. The van der Waals surface area contributed by atoms with E-state index < -0.39 is 0 Å². The molecule has 1 heteroatoms. The molecule has 0 atom stereocenters. The van der Waals surface area contributed by atoms with E-state index in [9.17, 15) is 4.39 Å². The van der Waals surface area contributed by atoms with Crippen LogP contribution >= 0.6 is 0 Å². The molecular formula is C15H15F. The van der Waals surface area contributed by atoms with Gasteiger partial charge < -0.3 is 0 Å². The Balaban J connectivity index is 2.92. The van der Waals surface area contributed by atoms with Crippen molar-refractivity contribution in [1.29, 1.82) is 0 Å². The molecule has 2 aromatic rings. The molecule has 0 aliphatic rings. The summed E-state index contributed by atoms with van der Waals surface area (Å²) in [5, 5.41) is 1.73. The van der Waals surface area contributed by atoms with Crippen molar-refractivity contribution in [2.24, 2.45) is 0 Å². The predicted octanol–water partition coefficient (Wildman–Crippen LogP) is 4.71. The molecule has 82 valence electrons. The van der Waals surface area contributed by atoms with Crippen molar-refractivity contribution in [3.05, 3.63) is 53.4 Å². The van der Waals surface area contributed by atoms with Gasteiger partial charge in [0.05, 0.1) is 0 Å². The minimum absolute atomic E-state index is 0.141. The molecule has 16 heavy (non-hydrogen) atoms. The van der Waals surface area contributed by atoms with E-state index in [1.165, 1.54) is 6.07 Å². The molecule has 2 aromatic carbocycles. The molecule has 0 aliphatic carbocycles. The zero-order chi connectivity index (χ0) is 11.7. The highest BCUT2D eigenvalue weighted by atomic mass is 19.1.